The van der Waals surface area contributed by atoms with Gasteiger partial charge in [-0.15, -0.1) is 0 Å². The quantitative estimate of drug-likeness (QED) is 0.667. The standard InChI is InChI=1S/C23H19FN2O3/c24-17-5-13-21(14-6-17)29-20-11-3-16(4-12-20)23(28)25-18-7-9-19(10-8-18)26-15-1-2-22(26)27/h3-14H,1-2,15H2,(H,25,28). The van der Waals surface area contributed by atoms with E-state index in [4.69, 9.17) is 4.74 Å². The highest BCUT2D eigenvalue weighted by Gasteiger charge is 2.21. The highest BCUT2D eigenvalue weighted by molar-refractivity contribution is 6.04. The first-order chi connectivity index (χ1) is 14.1. The third kappa shape index (κ3) is 4.43. The molecule has 1 aliphatic heterocycles. The SMILES string of the molecule is O=C(Nc1ccc(N2CCCC2=O)cc1)c1ccc(Oc2ccc(F)cc2)cc1. The number of hydrogen-bond donors (Lipinski definition) is 1. The largest absolute Gasteiger partial charge is 0.457 e. The van der Waals surface area contributed by atoms with Crippen LogP contribution in [-0.4, -0.2) is 18.4 Å². The van der Waals surface area contributed by atoms with E-state index in [1.165, 1.54) is 24.3 Å². The maximum Gasteiger partial charge on any atom is 0.255 e. The minimum atomic E-state index is -0.329. The normalized spacial score (nSPS) is 13.4. The molecule has 6 heteroatoms. The number of carbonyl (C=O) groups is 2. The van der Waals surface area contributed by atoms with Crippen LogP contribution >= 0.6 is 0 Å². The highest BCUT2D eigenvalue weighted by atomic mass is 19.1. The van der Waals surface area contributed by atoms with Crippen LogP contribution in [0.2, 0.25) is 0 Å². The Bertz CT molecular complexity index is 1020. The summed E-state index contributed by atoms with van der Waals surface area (Å²) in [6.07, 6.45) is 1.46. The zero-order valence-electron chi connectivity index (χ0n) is 15.6. The van der Waals surface area contributed by atoms with Crippen molar-refractivity contribution in [1.29, 1.82) is 0 Å². The fourth-order valence-corrected chi connectivity index (χ4v) is 3.16. The molecule has 0 radical (unpaired) electrons. The van der Waals surface area contributed by atoms with Gasteiger partial charge in [-0.1, -0.05) is 0 Å². The van der Waals surface area contributed by atoms with Crippen LogP contribution < -0.4 is 15.0 Å². The lowest BCUT2D eigenvalue weighted by molar-refractivity contribution is -0.117. The fourth-order valence-electron chi connectivity index (χ4n) is 3.16. The molecule has 1 N–H and O–H groups in total. The molecular formula is C23H19FN2O3. The number of rotatable bonds is 5. The molecule has 0 saturated carbocycles. The van der Waals surface area contributed by atoms with Crippen molar-refractivity contribution in [2.24, 2.45) is 0 Å². The lowest BCUT2D eigenvalue weighted by Gasteiger charge is -2.16. The Morgan fingerprint density at radius 1 is 0.897 bits per heavy atom. The van der Waals surface area contributed by atoms with E-state index < -0.39 is 0 Å². The van der Waals surface area contributed by atoms with Gasteiger partial charge < -0.3 is 15.0 Å². The van der Waals surface area contributed by atoms with Crippen molar-refractivity contribution >= 4 is 23.2 Å². The minimum absolute atomic E-state index is 0.129. The van der Waals surface area contributed by atoms with Gasteiger partial charge in [0.1, 0.15) is 17.3 Å². The Balaban J connectivity index is 1.38. The van der Waals surface area contributed by atoms with Gasteiger partial charge in [0.2, 0.25) is 5.91 Å². The van der Waals surface area contributed by atoms with Crippen LogP contribution in [0.5, 0.6) is 11.5 Å². The second-order valence-corrected chi connectivity index (χ2v) is 6.73. The predicted molar refractivity (Wildman–Crippen MR) is 109 cm³/mol. The lowest BCUT2D eigenvalue weighted by atomic mass is 10.2. The molecule has 3 aromatic rings. The maximum absolute atomic E-state index is 12.9. The first-order valence-corrected chi connectivity index (χ1v) is 9.34. The number of hydrogen-bond acceptors (Lipinski definition) is 3. The van der Waals surface area contributed by atoms with E-state index in [0.717, 1.165) is 18.7 Å². The fraction of sp³-hybridized carbons (Fsp3) is 0.130. The Kier molecular flexibility index (Phi) is 5.24. The Morgan fingerprint density at radius 2 is 1.52 bits per heavy atom. The number of nitrogens with one attached hydrogen (secondary N) is 1. The average Bonchev–Trinajstić information content (AvgIpc) is 3.17. The molecule has 1 saturated heterocycles. The van der Waals surface area contributed by atoms with Gasteiger partial charge >= 0.3 is 0 Å². The summed E-state index contributed by atoms with van der Waals surface area (Å²) in [5.41, 5.74) is 1.97. The van der Waals surface area contributed by atoms with Gasteiger partial charge in [-0.05, 0) is 79.2 Å². The van der Waals surface area contributed by atoms with Crippen molar-refractivity contribution in [2.75, 3.05) is 16.8 Å². The molecule has 0 aromatic heterocycles. The summed E-state index contributed by atoms with van der Waals surface area (Å²) in [6.45, 7) is 0.733. The van der Waals surface area contributed by atoms with E-state index in [1.807, 2.05) is 12.1 Å². The molecule has 1 heterocycles. The van der Waals surface area contributed by atoms with Crippen molar-refractivity contribution in [1.82, 2.24) is 0 Å². The molecule has 2 amide bonds. The predicted octanol–water partition coefficient (Wildman–Crippen LogP) is 5.00. The second kappa shape index (κ2) is 8.14. The minimum Gasteiger partial charge on any atom is -0.457 e. The topological polar surface area (TPSA) is 58.6 Å². The van der Waals surface area contributed by atoms with Crippen LogP contribution in [0.1, 0.15) is 23.2 Å². The van der Waals surface area contributed by atoms with Crippen LogP contribution in [0.25, 0.3) is 0 Å². The van der Waals surface area contributed by atoms with E-state index in [-0.39, 0.29) is 17.6 Å². The zero-order valence-corrected chi connectivity index (χ0v) is 15.6. The van der Waals surface area contributed by atoms with Crippen molar-refractivity contribution in [2.45, 2.75) is 12.8 Å². The van der Waals surface area contributed by atoms with E-state index in [1.54, 1.807) is 41.3 Å². The van der Waals surface area contributed by atoms with Gasteiger partial charge in [0.25, 0.3) is 5.91 Å². The number of halogens is 1. The van der Waals surface area contributed by atoms with E-state index in [9.17, 15) is 14.0 Å². The molecule has 146 valence electrons. The smallest absolute Gasteiger partial charge is 0.255 e. The van der Waals surface area contributed by atoms with Gasteiger partial charge in [-0.2, -0.15) is 0 Å². The summed E-state index contributed by atoms with van der Waals surface area (Å²) >= 11 is 0. The Morgan fingerprint density at radius 3 is 2.10 bits per heavy atom. The first kappa shape index (κ1) is 18.7. The van der Waals surface area contributed by atoms with Crippen molar-refractivity contribution in [3.05, 3.63) is 84.2 Å². The van der Waals surface area contributed by atoms with Gasteiger partial charge in [-0.25, -0.2) is 4.39 Å². The summed E-state index contributed by atoms with van der Waals surface area (Å²) in [6, 6.07) is 19.6. The number of nitrogens with zero attached hydrogens (tertiary/aromatic N) is 1. The van der Waals surface area contributed by atoms with E-state index in [2.05, 4.69) is 5.32 Å². The summed E-state index contributed by atoms with van der Waals surface area (Å²) < 4.78 is 18.6. The highest BCUT2D eigenvalue weighted by Crippen LogP contribution is 2.24. The summed E-state index contributed by atoms with van der Waals surface area (Å²) in [5, 5.41) is 2.84. The molecule has 29 heavy (non-hydrogen) atoms. The molecule has 1 fully saturated rings. The number of benzene rings is 3. The summed E-state index contributed by atoms with van der Waals surface area (Å²) in [5.74, 6) is 0.616. The van der Waals surface area contributed by atoms with Gasteiger partial charge in [0.05, 0.1) is 0 Å². The summed E-state index contributed by atoms with van der Waals surface area (Å²) in [4.78, 5) is 26.0. The Hall–Kier alpha value is -3.67. The van der Waals surface area contributed by atoms with Crippen molar-refractivity contribution < 1.29 is 18.7 Å². The Labute approximate surface area is 167 Å². The molecule has 0 aliphatic carbocycles. The van der Waals surface area contributed by atoms with Gasteiger partial charge in [0.15, 0.2) is 0 Å². The number of carbonyl (C=O) groups excluding carboxylic acids is 2. The molecule has 5 nitrogen and oxygen atoms in total. The number of amides is 2. The van der Waals surface area contributed by atoms with Gasteiger partial charge in [0, 0.05) is 29.9 Å². The molecule has 0 spiro atoms. The number of anilines is 2. The average molecular weight is 390 g/mol. The maximum atomic E-state index is 12.9. The van der Waals surface area contributed by atoms with E-state index in [0.29, 0.717) is 29.2 Å². The van der Waals surface area contributed by atoms with Crippen LogP contribution in [0.15, 0.2) is 72.8 Å². The third-order valence-corrected chi connectivity index (χ3v) is 4.68. The summed E-state index contributed by atoms with van der Waals surface area (Å²) in [7, 11) is 0. The molecule has 4 rings (SSSR count). The molecule has 0 atom stereocenters. The van der Waals surface area contributed by atoms with Crippen LogP contribution in [-0.2, 0) is 4.79 Å². The molecular weight excluding hydrogens is 371 g/mol. The van der Waals surface area contributed by atoms with Crippen LogP contribution in [0.4, 0.5) is 15.8 Å². The second-order valence-electron chi connectivity index (χ2n) is 6.73. The van der Waals surface area contributed by atoms with Crippen LogP contribution in [0.3, 0.4) is 0 Å². The third-order valence-electron chi connectivity index (χ3n) is 4.68. The lowest BCUT2D eigenvalue weighted by Crippen LogP contribution is -2.23. The van der Waals surface area contributed by atoms with Crippen molar-refractivity contribution in [3.8, 4) is 11.5 Å². The van der Waals surface area contributed by atoms with Crippen molar-refractivity contribution in [3.63, 3.8) is 0 Å². The molecule has 0 unspecified atom stereocenters. The zero-order chi connectivity index (χ0) is 20.2. The van der Waals surface area contributed by atoms with Crippen LogP contribution in [0, 0.1) is 5.82 Å². The van der Waals surface area contributed by atoms with Gasteiger partial charge in [-0.3, -0.25) is 9.59 Å². The molecule has 0 bridgehead atoms. The monoisotopic (exact) mass is 390 g/mol. The molecule has 3 aromatic carbocycles. The van der Waals surface area contributed by atoms with E-state index >= 15 is 0 Å². The number of ether oxygens (including phenoxy) is 1. The molecule has 1 aliphatic rings. The first-order valence-electron chi connectivity index (χ1n) is 9.34.